The molecule has 1 fully saturated rings. The Bertz CT molecular complexity index is 1250. The van der Waals surface area contributed by atoms with Gasteiger partial charge in [0.15, 0.2) is 5.69 Å². The van der Waals surface area contributed by atoms with Gasteiger partial charge in [-0.25, -0.2) is 4.39 Å². The average Bonchev–Trinajstić information content (AvgIpc) is 3.26. The summed E-state index contributed by atoms with van der Waals surface area (Å²) < 4.78 is 17.8. The Morgan fingerprint density at radius 3 is 2.28 bits per heavy atom. The van der Waals surface area contributed by atoms with Gasteiger partial charge in [-0.05, 0) is 61.1 Å². The molecule has 8 nitrogen and oxygen atoms in total. The summed E-state index contributed by atoms with van der Waals surface area (Å²) in [7, 11) is 0. The van der Waals surface area contributed by atoms with Crippen LogP contribution in [0.4, 0.5) is 15.8 Å². The van der Waals surface area contributed by atoms with E-state index in [0.717, 1.165) is 49.2 Å². The summed E-state index contributed by atoms with van der Waals surface area (Å²) >= 11 is 0.742. The van der Waals surface area contributed by atoms with Crippen LogP contribution in [0.2, 0.25) is 0 Å². The molecule has 1 aromatic heterocycles. The largest absolute Gasteiger partial charge is 0.395 e. The lowest BCUT2D eigenvalue weighted by atomic mass is 9.94. The number of benzene rings is 2. The first-order valence-corrected chi connectivity index (χ1v) is 12.5. The van der Waals surface area contributed by atoms with Crippen molar-refractivity contribution >= 4 is 40.6 Å². The third-order valence-electron chi connectivity index (χ3n) is 6.33. The minimum absolute atomic E-state index is 0.0121. The number of nitrogen functional groups attached to an aromatic ring is 1. The van der Waals surface area contributed by atoms with E-state index in [0.29, 0.717) is 11.3 Å². The fraction of sp³-hybridized carbons (Fsp3) is 0.308. The molecule has 1 aliphatic carbocycles. The van der Waals surface area contributed by atoms with E-state index >= 15 is 0 Å². The third-order valence-corrected chi connectivity index (χ3v) is 7.18. The van der Waals surface area contributed by atoms with Crippen molar-refractivity contribution in [2.45, 2.75) is 51.1 Å². The van der Waals surface area contributed by atoms with E-state index in [-0.39, 0.29) is 28.2 Å². The highest BCUT2D eigenvalue weighted by molar-refractivity contribution is 7.09. The van der Waals surface area contributed by atoms with Crippen molar-refractivity contribution in [3.05, 3.63) is 76.0 Å². The van der Waals surface area contributed by atoms with Gasteiger partial charge in [-0.1, -0.05) is 49.1 Å². The maximum absolute atomic E-state index is 14.0. The van der Waals surface area contributed by atoms with E-state index in [2.05, 4.69) is 9.69 Å². The van der Waals surface area contributed by atoms with Crippen LogP contribution in [0.1, 0.15) is 69.4 Å². The zero-order valence-electron chi connectivity index (χ0n) is 19.9. The molecule has 0 spiro atoms. The number of primary amides is 1. The molecule has 36 heavy (non-hydrogen) atoms. The summed E-state index contributed by atoms with van der Waals surface area (Å²) in [6.07, 6.45) is 4.85. The first-order valence-electron chi connectivity index (χ1n) is 11.8. The summed E-state index contributed by atoms with van der Waals surface area (Å²) in [6, 6.07) is 11.4. The van der Waals surface area contributed by atoms with Gasteiger partial charge in [0, 0.05) is 11.7 Å². The Hall–Kier alpha value is -3.79. The van der Waals surface area contributed by atoms with Crippen molar-refractivity contribution < 1.29 is 18.8 Å². The quantitative estimate of drug-likeness (QED) is 0.441. The molecule has 1 saturated carbocycles. The molecule has 0 unspecified atom stereocenters. The van der Waals surface area contributed by atoms with Gasteiger partial charge < -0.3 is 16.8 Å². The fourth-order valence-corrected chi connectivity index (χ4v) is 5.16. The molecule has 0 bridgehead atoms. The molecule has 10 heteroatoms. The molecule has 188 valence electrons. The molecule has 0 aliphatic heterocycles. The zero-order chi connectivity index (χ0) is 25.8. The second kappa shape index (κ2) is 10.9. The van der Waals surface area contributed by atoms with Crippen molar-refractivity contribution in [1.82, 2.24) is 9.69 Å². The van der Waals surface area contributed by atoms with Gasteiger partial charge in [0.2, 0.25) is 5.91 Å². The smallest absolute Gasteiger partial charge is 0.273 e. The molecule has 4 rings (SSSR count). The average molecular weight is 510 g/mol. The number of anilines is 2. The number of carbonyl (C=O) groups excluding carboxylic acids is 3. The number of rotatable bonds is 7. The van der Waals surface area contributed by atoms with Gasteiger partial charge in [0.1, 0.15) is 16.7 Å². The maximum atomic E-state index is 14.0. The molecule has 1 heterocycles. The van der Waals surface area contributed by atoms with Gasteiger partial charge in [-0.2, -0.15) is 4.37 Å². The SMILES string of the molecule is Cc1ccc(N(C(=O)c2snc(C(N)=O)c2N)[C@@H](C(=O)NC2CCCCC2)c2ccc(F)cc2)cc1. The fourth-order valence-electron chi connectivity index (χ4n) is 4.42. The van der Waals surface area contributed by atoms with Crippen molar-refractivity contribution in [1.29, 1.82) is 0 Å². The van der Waals surface area contributed by atoms with Crippen molar-refractivity contribution in [3.63, 3.8) is 0 Å². The van der Waals surface area contributed by atoms with E-state index in [1.165, 1.54) is 29.2 Å². The molecule has 1 atom stereocenters. The minimum atomic E-state index is -1.12. The van der Waals surface area contributed by atoms with Crippen LogP contribution in [0.15, 0.2) is 48.5 Å². The predicted molar refractivity (Wildman–Crippen MR) is 137 cm³/mol. The molecule has 3 amide bonds. The molecular weight excluding hydrogens is 481 g/mol. The summed E-state index contributed by atoms with van der Waals surface area (Å²) in [4.78, 5) is 40.8. The summed E-state index contributed by atoms with van der Waals surface area (Å²) in [5.74, 6) is -2.32. The Labute approximate surface area is 212 Å². The number of hydrogen-bond donors (Lipinski definition) is 3. The van der Waals surface area contributed by atoms with E-state index in [1.54, 1.807) is 12.1 Å². The summed E-state index contributed by atoms with van der Waals surface area (Å²) in [5.41, 5.74) is 12.9. The Morgan fingerprint density at radius 1 is 1.06 bits per heavy atom. The summed E-state index contributed by atoms with van der Waals surface area (Å²) in [6.45, 7) is 1.91. The molecule has 5 N–H and O–H groups in total. The lowest BCUT2D eigenvalue weighted by molar-refractivity contribution is -0.123. The van der Waals surface area contributed by atoms with Crippen molar-refractivity contribution in [2.75, 3.05) is 10.6 Å². The molecule has 0 radical (unpaired) electrons. The second-order valence-corrected chi connectivity index (χ2v) is 9.72. The van der Waals surface area contributed by atoms with Gasteiger partial charge in [-0.15, -0.1) is 0 Å². The summed E-state index contributed by atoms with van der Waals surface area (Å²) in [5, 5.41) is 3.09. The number of nitrogens with two attached hydrogens (primary N) is 2. The first kappa shape index (κ1) is 25.3. The van der Waals surface area contributed by atoms with Crippen molar-refractivity contribution in [3.8, 4) is 0 Å². The lowest BCUT2D eigenvalue weighted by Crippen LogP contribution is -2.47. The van der Waals surface area contributed by atoms with E-state index in [4.69, 9.17) is 11.5 Å². The molecule has 0 saturated heterocycles. The van der Waals surface area contributed by atoms with E-state index in [1.807, 2.05) is 19.1 Å². The normalized spacial score (nSPS) is 14.7. The van der Waals surface area contributed by atoms with Gasteiger partial charge >= 0.3 is 0 Å². The molecule has 2 aromatic carbocycles. The Kier molecular flexibility index (Phi) is 7.64. The highest BCUT2D eigenvalue weighted by atomic mass is 32.1. The number of aromatic nitrogens is 1. The number of aryl methyl sites for hydroxylation is 1. The lowest BCUT2D eigenvalue weighted by Gasteiger charge is -2.33. The van der Waals surface area contributed by atoms with Crippen LogP contribution in [0.5, 0.6) is 0 Å². The standard InChI is InChI=1S/C26H28FN5O3S/c1-15-7-13-19(14-8-15)32(26(35)23-20(28)21(24(29)33)31-36-23)22(16-9-11-17(27)12-10-16)25(34)30-18-5-3-2-4-6-18/h7-14,18,22H,2-6,28H2,1H3,(H2,29,33)(H,30,34)/t22-/m1/s1. The number of hydrogen-bond acceptors (Lipinski definition) is 6. The molecular formula is C26H28FN5O3S. The number of nitrogens with one attached hydrogen (secondary N) is 1. The van der Waals surface area contributed by atoms with Crippen LogP contribution in [-0.4, -0.2) is 28.1 Å². The number of halogens is 1. The zero-order valence-corrected chi connectivity index (χ0v) is 20.7. The van der Waals surface area contributed by atoms with Crippen LogP contribution in [0, 0.1) is 12.7 Å². The first-order chi connectivity index (χ1) is 17.3. The van der Waals surface area contributed by atoms with E-state index < -0.39 is 23.7 Å². The maximum Gasteiger partial charge on any atom is 0.273 e. The van der Waals surface area contributed by atoms with Crippen LogP contribution >= 0.6 is 11.5 Å². The highest BCUT2D eigenvalue weighted by Gasteiger charge is 2.36. The van der Waals surface area contributed by atoms with E-state index in [9.17, 15) is 18.8 Å². The Morgan fingerprint density at radius 2 is 1.69 bits per heavy atom. The van der Waals surface area contributed by atoms with Gasteiger partial charge in [-0.3, -0.25) is 19.3 Å². The number of nitrogens with zero attached hydrogens (tertiary/aromatic N) is 2. The van der Waals surface area contributed by atoms with Crippen LogP contribution in [0.25, 0.3) is 0 Å². The second-order valence-electron chi connectivity index (χ2n) is 8.95. The molecule has 3 aromatic rings. The topological polar surface area (TPSA) is 131 Å². The van der Waals surface area contributed by atoms with Gasteiger partial charge in [0.05, 0.1) is 5.69 Å². The van der Waals surface area contributed by atoms with Crippen LogP contribution in [0.3, 0.4) is 0 Å². The predicted octanol–water partition coefficient (Wildman–Crippen LogP) is 4.11. The Balaban J connectivity index is 1.83. The van der Waals surface area contributed by atoms with Crippen LogP contribution in [-0.2, 0) is 4.79 Å². The molecule has 1 aliphatic rings. The number of amides is 3. The monoisotopic (exact) mass is 509 g/mol. The van der Waals surface area contributed by atoms with Gasteiger partial charge in [0.25, 0.3) is 11.8 Å². The van der Waals surface area contributed by atoms with Crippen LogP contribution < -0.4 is 21.7 Å². The van der Waals surface area contributed by atoms with Crippen molar-refractivity contribution in [2.24, 2.45) is 5.73 Å². The highest BCUT2D eigenvalue weighted by Crippen LogP contribution is 2.34. The third kappa shape index (κ3) is 5.38. The number of carbonyl (C=O) groups is 3. The minimum Gasteiger partial charge on any atom is -0.395 e.